The maximum atomic E-state index is 12.1. The van der Waals surface area contributed by atoms with E-state index in [2.05, 4.69) is 10.4 Å². The van der Waals surface area contributed by atoms with Crippen molar-refractivity contribution in [2.75, 3.05) is 24.8 Å². The van der Waals surface area contributed by atoms with E-state index >= 15 is 0 Å². The SMILES string of the molecule is COCCn1cc(NC(=O)c2ccc(N)cc2Cl)cn1. The first kappa shape index (κ1) is 14.4. The number of nitrogens with two attached hydrogens (primary N) is 1. The molecule has 0 bridgehead atoms. The Labute approximate surface area is 121 Å². The van der Waals surface area contributed by atoms with Gasteiger partial charge < -0.3 is 15.8 Å². The summed E-state index contributed by atoms with van der Waals surface area (Å²) >= 11 is 5.99. The van der Waals surface area contributed by atoms with Crippen LogP contribution in [0.15, 0.2) is 30.6 Å². The fraction of sp³-hybridized carbons (Fsp3) is 0.231. The number of hydrogen-bond donors (Lipinski definition) is 2. The lowest BCUT2D eigenvalue weighted by atomic mass is 10.2. The van der Waals surface area contributed by atoms with Crippen LogP contribution in [0.25, 0.3) is 0 Å². The van der Waals surface area contributed by atoms with E-state index in [4.69, 9.17) is 22.1 Å². The van der Waals surface area contributed by atoms with E-state index in [9.17, 15) is 4.79 Å². The highest BCUT2D eigenvalue weighted by molar-refractivity contribution is 6.34. The van der Waals surface area contributed by atoms with Crippen LogP contribution in [0.3, 0.4) is 0 Å². The standard InChI is InChI=1S/C13H15ClN4O2/c1-20-5-4-18-8-10(7-16-18)17-13(19)11-3-2-9(15)6-12(11)14/h2-3,6-8H,4-5,15H2,1H3,(H,17,19). The van der Waals surface area contributed by atoms with Crippen LogP contribution >= 0.6 is 11.6 Å². The minimum absolute atomic E-state index is 0.304. The minimum Gasteiger partial charge on any atom is -0.399 e. The summed E-state index contributed by atoms with van der Waals surface area (Å²) in [6.07, 6.45) is 3.29. The van der Waals surface area contributed by atoms with E-state index in [1.165, 1.54) is 0 Å². The molecule has 1 aromatic carbocycles. The molecule has 0 fully saturated rings. The molecular formula is C13H15ClN4O2. The topological polar surface area (TPSA) is 82.2 Å². The summed E-state index contributed by atoms with van der Waals surface area (Å²) in [4.78, 5) is 12.1. The van der Waals surface area contributed by atoms with Gasteiger partial charge in [-0.15, -0.1) is 0 Å². The van der Waals surface area contributed by atoms with Crippen molar-refractivity contribution in [1.29, 1.82) is 0 Å². The number of ether oxygens (including phenoxy) is 1. The number of hydrogen-bond acceptors (Lipinski definition) is 4. The number of methoxy groups -OCH3 is 1. The number of carbonyl (C=O) groups excluding carboxylic acids is 1. The first-order chi connectivity index (χ1) is 9.60. The molecule has 6 nitrogen and oxygen atoms in total. The normalized spacial score (nSPS) is 10.5. The van der Waals surface area contributed by atoms with Crippen LogP contribution in [0.4, 0.5) is 11.4 Å². The van der Waals surface area contributed by atoms with Crippen molar-refractivity contribution in [3.05, 3.63) is 41.2 Å². The van der Waals surface area contributed by atoms with Gasteiger partial charge in [-0.1, -0.05) is 11.6 Å². The summed E-state index contributed by atoms with van der Waals surface area (Å²) in [5.41, 5.74) is 7.06. The maximum Gasteiger partial charge on any atom is 0.257 e. The Hall–Kier alpha value is -2.05. The molecule has 1 amide bonds. The number of amides is 1. The second-order valence-corrected chi connectivity index (χ2v) is 4.59. The van der Waals surface area contributed by atoms with Gasteiger partial charge >= 0.3 is 0 Å². The van der Waals surface area contributed by atoms with Gasteiger partial charge in [-0.2, -0.15) is 5.10 Å². The quantitative estimate of drug-likeness (QED) is 0.827. The van der Waals surface area contributed by atoms with Gasteiger partial charge in [0.15, 0.2) is 0 Å². The Morgan fingerprint density at radius 2 is 2.35 bits per heavy atom. The molecule has 106 valence electrons. The van der Waals surface area contributed by atoms with E-state index in [-0.39, 0.29) is 5.91 Å². The van der Waals surface area contributed by atoms with E-state index in [1.54, 1.807) is 42.4 Å². The van der Waals surface area contributed by atoms with E-state index in [1.807, 2.05) is 0 Å². The lowest BCUT2D eigenvalue weighted by molar-refractivity contribution is 0.102. The molecule has 0 radical (unpaired) electrons. The van der Waals surface area contributed by atoms with Crippen LogP contribution in [-0.2, 0) is 11.3 Å². The molecule has 2 aromatic rings. The highest BCUT2D eigenvalue weighted by Gasteiger charge is 2.11. The van der Waals surface area contributed by atoms with Crippen LogP contribution in [0.1, 0.15) is 10.4 Å². The molecule has 0 spiro atoms. The minimum atomic E-state index is -0.304. The number of nitrogens with one attached hydrogen (secondary N) is 1. The Morgan fingerprint density at radius 3 is 3.05 bits per heavy atom. The van der Waals surface area contributed by atoms with Crippen LogP contribution in [0.2, 0.25) is 5.02 Å². The van der Waals surface area contributed by atoms with E-state index < -0.39 is 0 Å². The molecule has 7 heteroatoms. The fourth-order valence-electron chi connectivity index (χ4n) is 1.65. The third-order valence-corrected chi connectivity index (χ3v) is 2.97. The second kappa shape index (κ2) is 6.40. The van der Waals surface area contributed by atoms with Gasteiger partial charge in [0.05, 0.1) is 35.6 Å². The average Bonchev–Trinajstić information content (AvgIpc) is 2.83. The Balaban J connectivity index is 2.05. The monoisotopic (exact) mass is 294 g/mol. The van der Waals surface area contributed by atoms with Gasteiger partial charge in [-0.25, -0.2) is 0 Å². The van der Waals surface area contributed by atoms with Crippen molar-refractivity contribution in [2.45, 2.75) is 6.54 Å². The number of nitrogens with zero attached hydrogens (tertiary/aromatic N) is 2. The van der Waals surface area contributed by atoms with Gasteiger partial charge in [-0.3, -0.25) is 9.48 Å². The smallest absolute Gasteiger partial charge is 0.257 e. The zero-order valence-corrected chi connectivity index (χ0v) is 11.7. The molecule has 0 aliphatic carbocycles. The van der Waals surface area contributed by atoms with Crippen LogP contribution in [0, 0.1) is 0 Å². The van der Waals surface area contributed by atoms with Gasteiger partial charge in [-0.05, 0) is 18.2 Å². The summed E-state index contributed by atoms with van der Waals surface area (Å²) in [6, 6.07) is 4.75. The number of rotatable bonds is 5. The van der Waals surface area contributed by atoms with Crippen molar-refractivity contribution < 1.29 is 9.53 Å². The Kier molecular flexibility index (Phi) is 4.60. The molecule has 0 saturated carbocycles. The summed E-state index contributed by atoms with van der Waals surface area (Å²) in [6.45, 7) is 1.17. The molecule has 0 unspecified atom stereocenters. The van der Waals surface area contributed by atoms with Crippen molar-refractivity contribution in [1.82, 2.24) is 9.78 Å². The average molecular weight is 295 g/mol. The number of nitrogen functional groups attached to an aromatic ring is 1. The highest BCUT2D eigenvalue weighted by atomic mass is 35.5. The molecule has 0 saturated heterocycles. The first-order valence-corrected chi connectivity index (χ1v) is 6.35. The number of benzene rings is 1. The molecular weight excluding hydrogens is 280 g/mol. The summed E-state index contributed by atoms with van der Waals surface area (Å²) < 4.78 is 6.64. The van der Waals surface area contributed by atoms with Gasteiger partial charge in [0.25, 0.3) is 5.91 Å². The molecule has 2 rings (SSSR count). The fourth-order valence-corrected chi connectivity index (χ4v) is 1.92. The molecule has 0 atom stereocenters. The van der Waals surface area contributed by atoms with Crippen molar-refractivity contribution in [2.24, 2.45) is 0 Å². The summed E-state index contributed by atoms with van der Waals surface area (Å²) in [7, 11) is 1.62. The maximum absolute atomic E-state index is 12.1. The Morgan fingerprint density at radius 1 is 1.55 bits per heavy atom. The Bertz CT molecular complexity index is 612. The molecule has 3 N–H and O–H groups in total. The molecule has 0 aliphatic rings. The summed E-state index contributed by atoms with van der Waals surface area (Å²) in [5.74, 6) is -0.304. The lowest BCUT2D eigenvalue weighted by Crippen LogP contribution is -2.12. The summed E-state index contributed by atoms with van der Waals surface area (Å²) in [5, 5.41) is 7.15. The van der Waals surface area contributed by atoms with E-state index in [0.29, 0.717) is 35.1 Å². The zero-order valence-electron chi connectivity index (χ0n) is 11.0. The molecule has 1 aromatic heterocycles. The lowest BCUT2D eigenvalue weighted by Gasteiger charge is -2.05. The number of halogens is 1. The predicted octanol–water partition coefficient (Wildman–Crippen LogP) is 2.02. The largest absolute Gasteiger partial charge is 0.399 e. The third-order valence-electron chi connectivity index (χ3n) is 2.65. The predicted molar refractivity (Wildman–Crippen MR) is 77.9 cm³/mol. The molecule has 1 heterocycles. The van der Waals surface area contributed by atoms with Crippen LogP contribution in [-0.4, -0.2) is 29.4 Å². The highest BCUT2D eigenvalue weighted by Crippen LogP contribution is 2.20. The van der Waals surface area contributed by atoms with Crippen LogP contribution in [0.5, 0.6) is 0 Å². The third kappa shape index (κ3) is 3.49. The van der Waals surface area contributed by atoms with Crippen molar-refractivity contribution in [3.8, 4) is 0 Å². The number of anilines is 2. The zero-order chi connectivity index (χ0) is 14.5. The van der Waals surface area contributed by atoms with Crippen molar-refractivity contribution in [3.63, 3.8) is 0 Å². The molecule has 0 aliphatic heterocycles. The molecule has 20 heavy (non-hydrogen) atoms. The van der Waals surface area contributed by atoms with Gasteiger partial charge in [0, 0.05) is 19.0 Å². The van der Waals surface area contributed by atoms with Gasteiger partial charge in [0.2, 0.25) is 0 Å². The van der Waals surface area contributed by atoms with Crippen molar-refractivity contribution >= 4 is 28.9 Å². The second-order valence-electron chi connectivity index (χ2n) is 4.18. The van der Waals surface area contributed by atoms with E-state index in [0.717, 1.165) is 0 Å². The number of carbonyl (C=O) groups is 1. The van der Waals surface area contributed by atoms with Crippen LogP contribution < -0.4 is 11.1 Å². The number of aromatic nitrogens is 2. The first-order valence-electron chi connectivity index (χ1n) is 5.98. The van der Waals surface area contributed by atoms with Gasteiger partial charge in [0.1, 0.15) is 0 Å².